The van der Waals surface area contributed by atoms with Gasteiger partial charge in [0.25, 0.3) is 0 Å². The number of hydrogen-bond donors (Lipinski definition) is 1. The first kappa shape index (κ1) is 21.2. The standard InChI is InChI=1S/C22H28BrN5O2/c23-19-3-6-21(24-15-19)28-9-7-26(8-10-28)17-22(29)25-20-4-1-18(2-5-20)16-27-11-13-30-14-12-27/h1-6,15H,7-14,16-17H2,(H,25,29). The molecule has 3 heterocycles. The topological polar surface area (TPSA) is 60.9 Å². The van der Waals surface area contributed by atoms with E-state index in [4.69, 9.17) is 4.74 Å². The molecule has 160 valence electrons. The van der Waals surface area contributed by atoms with Crippen LogP contribution in [0.25, 0.3) is 0 Å². The number of morpholine rings is 1. The predicted octanol–water partition coefficient (Wildman–Crippen LogP) is 2.44. The number of carbonyl (C=O) groups excluding carboxylic acids is 1. The molecule has 2 fully saturated rings. The number of halogens is 1. The third-order valence-electron chi connectivity index (χ3n) is 5.52. The molecule has 1 amide bonds. The summed E-state index contributed by atoms with van der Waals surface area (Å²) in [6, 6.07) is 12.2. The van der Waals surface area contributed by atoms with Gasteiger partial charge in [-0.05, 0) is 45.8 Å². The lowest BCUT2D eigenvalue weighted by atomic mass is 10.2. The summed E-state index contributed by atoms with van der Waals surface area (Å²) in [5.74, 6) is 1.02. The van der Waals surface area contributed by atoms with Crippen molar-refractivity contribution in [2.75, 3.05) is 69.2 Å². The van der Waals surface area contributed by atoms with Gasteiger partial charge in [-0.25, -0.2) is 4.98 Å². The minimum absolute atomic E-state index is 0.0335. The lowest BCUT2D eigenvalue weighted by Crippen LogP contribution is -2.48. The van der Waals surface area contributed by atoms with E-state index in [9.17, 15) is 4.79 Å². The highest BCUT2D eigenvalue weighted by molar-refractivity contribution is 9.10. The van der Waals surface area contributed by atoms with Crippen molar-refractivity contribution < 1.29 is 9.53 Å². The van der Waals surface area contributed by atoms with E-state index in [2.05, 4.69) is 53.1 Å². The van der Waals surface area contributed by atoms with E-state index in [1.807, 2.05) is 30.5 Å². The summed E-state index contributed by atoms with van der Waals surface area (Å²) in [5.41, 5.74) is 2.11. The molecule has 2 aliphatic rings. The Morgan fingerprint density at radius 3 is 2.37 bits per heavy atom. The number of piperazine rings is 1. The molecule has 1 N–H and O–H groups in total. The van der Waals surface area contributed by atoms with Crippen molar-refractivity contribution in [3.63, 3.8) is 0 Å². The summed E-state index contributed by atoms with van der Waals surface area (Å²) < 4.78 is 6.38. The van der Waals surface area contributed by atoms with Gasteiger partial charge in [0, 0.05) is 62.2 Å². The minimum atomic E-state index is 0.0335. The minimum Gasteiger partial charge on any atom is -0.379 e. The number of aromatic nitrogens is 1. The molecule has 2 aromatic rings. The van der Waals surface area contributed by atoms with E-state index >= 15 is 0 Å². The Hall–Kier alpha value is -2.00. The molecule has 0 unspecified atom stereocenters. The molecule has 0 radical (unpaired) electrons. The van der Waals surface area contributed by atoms with E-state index in [1.165, 1.54) is 5.56 Å². The van der Waals surface area contributed by atoms with Crippen LogP contribution < -0.4 is 10.2 Å². The van der Waals surface area contributed by atoms with Crippen LogP contribution in [0, 0.1) is 0 Å². The van der Waals surface area contributed by atoms with Gasteiger partial charge in [0.05, 0.1) is 19.8 Å². The first-order chi connectivity index (χ1) is 14.7. The third-order valence-corrected chi connectivity index (χ3v) is 5.99. The molecule has 4 rings (SSSR count). The Balaban J connectivity index is 1.20. The molecular formula is C22H28BrN5O2. The molecule has 7 nitrogen and oxygen atoms in total. The van der Waals surface area contributed by atoms with Gasteiger partial charge in [-0.2, -0.15) is 0 Å². The second-order valence-corrected chi connectivity index (χ2v) is 8.65. The number of rotatable bonds is 6. The van der Waals surface area contributed by atoms with Crippen molar-refractivity contribution in [2.45, 2.75) is 6.54 Å². The average Bonchev–Trinajstić information content (AvgIpc) is 2.77. The fourth-order valence-electron chi connectivity index (χ4n) is 3.80. The van der Waals surface area contributed by atoms with Crippen LogP contribution in [0.15, 0.2) is 47.1 Å². The van der Waals surface area contributed by atoms with Crippen LogP contribution >= 0.6 is 15.9 Å². The average molecular weight is 474 g/mol. The normalized spacial score (nSPS) is 18.4. The van der Waals surface area contributed by atoms with Gasteiger partial charge in [-0.15, -0.1) is 0 Å². The highest BCUT2D eigenvalue weighted by Gasteiger charge is 2.20. The number of ether oxygens (including phenoxy) is 1. The fraction of sp³-hybridized carbons (Fsp3) is 0.455. The first-order valence-electron chi connectivity index (χ1n) is 10.4. The molecule has 2 saturated heterocycles. The van der Waals surface area contributed by atoms with Crippen molar-refractivity contribution in [3.05, 3.63) is 52.6 Å². The predicted molar refractivity (Wildman–Crippen MR) is 122 cm³/mol. The maximum Gasteiger partial charge on any atom is 0.238 e. The van der Waals surface area contributed by atoms with E-state index in [-0.39, 0.29) is 5.91 Å². The van der Waals surface area contributed by atoms with Gasteiger partial charge in [0.2, 0.25) is 5.91 Å². The van der Waals surface area contributed by atoms with Gasteiger partial charge in [0.15, 0.2) is 0 Å². The Morgan fingerprint density at radius 1 is 0.967 bits per heavy atom. The maximum atomic E-state index is 12.5. The number of nitrogens with zero attached hydrogens (tertiary/aromatic N) is 4. The fourth-order valence-corrected chi connectivity index (χ4v) is 4.04. The van der Waals surface area contributed by atoms with Crippen LogP contribution in [0.4, 0.5) is 11.5 Å². The summed E-state index contributed by atoms with van der Waals surface area (Å²) >= 11 is 3.42. The molecule has 8 heteroatoms. The van der Waals surface area contributed by atoms with Gasteiger partial charge in [-0.1, -0.05) is 12.1 Å². The van der Waals surface area contributed by atoms with Gasteiger partial charge >= 0.3 is 0 Å². The molecule has 2 aliphatic heterocycles. The van der Waals surface area contributed by atoms with Crippen LogP contribution in [0.1, 0.15) is 5.56 Å². The first-order valence-corrected chi connectivity index (χ1v) is 11.2. The molecule has 0 atom stereocenters. The zero-order valence-corrected chi connectivity index (χ0v) is 18.7. The Bertz CT molecular complexity index is 816. The number of hydrogen-bond acceptors (Lipinski definition) is 6. The van der Waals surface area contributed by atoms with Crippen LogP contribution in [-0.4, -0.2) is 79.7 Å². The Morgan fingerprint density at radius 2 is 1.70 bits per heavy atom. The van der Waals surface area contributed by atoms with Crippen molar-refractivity contribution in [1.29, 1.82) is 0 Å². The quantitative estimate of drug-likeness (QED) is 0.694. The van der Waals surface area contributed by atoms with E-state index < -0.39 is 0 Å². The number of anilines is 2. The Labute approximate surface area is 186 Å². The zero-order chi connectivity index (χ0) is 20.8. The van der Waals surface area contributed by atoms with E-state index in [0.717, 1.165) is 75.0 Å². The smallest absolute Gasteiger partial charge is 0.238 e. The second-order valence-electron chi connectivity index (χ2n) is 7.73. The van der Waals surface area contributed by atoms with Gasteiger partial charge in [0.1, 0.15) is 5.82 Å². The summed E-state index contributed by atoms with van der Waals surface area (Å²) in [6.07, 6.45) is 1.82. The van der Waals surface area contributed by atoms with Crippen molar-refractivity contribution >= 4 is 33.3 Å². The largest absolute Gasteiger partial charge is 0.379 e. The summed E-state index contributed by atoms with van der Waals surface area (Å²) in [4.78, 5) is 23.8. The molecule has 30 heavy (non-hydrogen) atoms. The lowest BCUT2D eigenvalue weighted by Gasteiger charge is -2.35. The molecule has 0 bridgehead atoms. The number of nitrogens with one attached hydrogen (secondary N) is 1. The number of carbonyl (C=O) groups is 1. The molecule has 1 aromatic heterocycles. The highest BCUT2D eigenvalue weighted by Crippen LogP contribution is 2.17. The van der Waals surface area contributed by atoms with Crippen LogP contribution in [0.2, 0.25) is 0 Å². The molecular weight excluding hydrogens is 446 g/mol. The summed E-state index contributed by atoms with van der Waals surface area (Å²) in [6.45, 7) is 8.35. The molecule has 1 aromatic carbocycles. The summed E-state index contributed by atoms with van der Waals surface area (Å²) in [7, 11) is 0. The van der Waals surface area contributed by atoms with Crippen LogP contribution in [0.5, 0.6) is 0 Å². The van der Waals surface area contributed by atoms with Crippen LogP contribution in [0.3, 0.4) is 0 Å². The molecule has 0 saturated carbocycles. The molecule has 0 aliphatic carbocycles. The second kappa shape index (κ2) is 10.3. The van der Waals surface area contributed by atoms with Crippen molar-refractivity contribution in [3.8, 4) is 0 Å². The Kier molecular flexibility index (Phi) is 7.33. The molecule has 0 spiro atoms. The van der Waals surface area contributed by atoms with E-state index in [0.29, 0.717) is 6.54 Å². The van der Waals surface area contributed by atoms with Crippen molar-refractivity contribution in [2.24, 2.45) is 0 Å². The zero-order valence-electron chi connectivity index (χ0n) is 17.1. The lowest BCUT2D eigenvalue weighted by molar-refractivity contribution is -0.117. The number of amides is 1. The maximum absolute atomic E-state index is 12.5. The summed E-state index contributed by atoms with van der Waals surface area (Å²) in [5, 5.41) is 3.02. The SMILES string of the molecule is O=C(CN1CCN(c2ccc(Br)cn2)CC1)Nc1ccc(CN2CCOCC2)cc1. The monoisotopic (exact) mass is 473 g/mol. The van der Waals surface area contributed by atoms with Crippen molar-refractivity contribution in [1.82, 2.24) is 14.8 Å². The highest BCUT2D eigenvalue weighted by atomic mass is 79.9. The third kappa shape index (κ3) is 6.01. The number of benzene rings is 1. The van der Waals surface area contributed by atoms with Crippen LogP contribution in [-0.2, 0) is 16.1 Å². The number of pyridine rings is 1. The van der Waals surface area contributed by atoms with Gasteiger partial charge in [-0.3, -0.25) is 14.6 Å². The van der Waals surface area contributed by atoms with Gasteiger partial charge < -0.3 is 15.0 Å². The van der Waals surface area contributed by atoms with E-state index in [1.54, 1.807) is 0 Å².